The first-order chi connectivity index (χ1) is 10.0. The fourth-order valence-corrected chi connectivity index (χ4v) is 1.97. The quantitative estimate of drug-likeness (QED) is 0.656. The Bertz CT molecular complexity index is 375. The van der Waals surface area contributed by atoms with Crippen LogP contribution in [0.15, 0.2) is 0 Å². The van der Waals surface area contributed by atoms with Crippen LogP contribution in [-0.2, 0) is 4.74 Å². The van der Waals surface area contributed by atoms with E-state index in [0.717, 1.165) is 0 Å². The van der Waals surface area contributed by atoms with Crippen molar-refractivity contribution in [3.05, 3.63) is 0 Å². The van der Waals surface area contributed by atoms with Crippen LogP contribution in [0.4, 0.5) is 52.7 Å². The minimum absolute atomic E-state index is 1.30. The summed E-state index contributed by atoms with van der Waals surface area (Å²) in [5, 5.41) is 0. The van der Waals surface area contributed by atoms with Gasteiger partial charge in [0, 0.05) is 0 Å². The maximum absolute atomic E-state index is 13.2. The van der Waals surface area contributed by atoms with Crippen LogP contribution >= 0.6 is 0 Å². The second-order valence-electron chi connectivity index (χ2n) is 4.85. The van der Waals surface area contributed by atoms with Crippen molar-refractivity contribution >= 4 is 0 Å². The van der Waals surface area contributed by atoms with Gasteiger partial charge < -0.3 is 4.74 Å². The second-order valence-corrected chi connectivity index (χ2v) is 4.85. The zero-order valence-corrected chi connectivity index (χ0v) is 10.7. The summed E-state index contributed by atoms with van der Waals surface area (Å²) in [6.45, 7) is 0. The molecule has 1 heterocycles. The fraction of sp³-hybridized carbons (Fsp3) is 1.00. The molecule has 1 aliphatic rings. The molecule has 0 aromatic carbocycles. The molecule has 1 saturated heterocycles. The average Bonchev–Trinajstić information content (AvgIpc) is 2.85. The van der Waals surface area contributed by atoms with Crippen LogP contribution in [0, 0.1) is 0 Å². The SMILES string of the molecule is FC(C(F)(F)F)C(F)(F)C1CCC(C(F)(F)C(F)C(F)(F)F)O1. The first-order valence-corrected chi connectivity index (χ1v) is 5.85. The van der Waals surface area contributed by atoms with Gasteiger partial charge in [-0.1, -0.05) is 0 Å². The Hall–Kier alpha value is -0.880. The zero-order chi connectivity index (χ0) is 18.4. The first kappa shape index (κ1) is 20.2. The molecule has 1 nitrogen and oxygen atoms in total. The Morgan fingerprint density at radius 1 is 0.609 bits per heavy atom. The molecule has 1 aliphatic heterocycles. The monoisotopic (exact) mass is 372 g/mol. The predicted molar refractivity (Wildman–Crippen MR) is 49.7 cm³/mol. The van der Waals surface area contributed by atoms with Gasteiger partial charge in [0.15, 0.2) is 0 Å². The van der Waals surface area contributed by atoms with E-state index in [1.807, 2.05) is 0 Å². The molecule has 0 N–H and O–H groups in total. The molecule has 1 fully saturated rings. The second kappa shape index (κ2) is 5.88. The highest BCUT2D eigenvalue weighted by Crippen LogP contribution is 2.47. The summed E-state index contributed by atoms with van der Waals surface area (Å²) in [5.41, 5.74) is 0. The summed E-state index contributed by atoms with van der Waals surface area (Å²) < 4.78 is 154. The lowest BCUT2D eigenvalue weighted by Gasteiger charge is -2.30. The molecule has 0 aromatic rings. The predicted octanol–water partition coefficient (Wildman–Crippen LogP) is 4.61. The highest BCUT2D eigenvalue weighted by Gasteiger charge is 2.67. The molecule has 0 aromatic heterocycles. The van der Waals surface area contributed by atoms with Crippen LogP contribution in [0.1, 0.15) is 12.8 Å². The minimum Gasteiger partial charge on any atom is -0.362 e. The summed E-state index contributed by atoms with van der Waals surface area (Å²) in [6.07, 6.45) is -30.3. The Balaban J connectivity index is 2.90. The lowest BCUT2D eigenvalue weighted by atomic mass is 10.0. The van der Waals surface area contributed by atoms with E-state index in [2.05, 4.69) is 4.74 Å². The van der Waals surface area contributed by atoms with Gasteiger partial charge in [0.25, 0.3) is 12.3 Å². The van der Waals surface area contributed by atoms with E-state index in [4.69, 9.17) is 0 Å². The van der Waals surface area contributed by atoms with Crippen molar-refractivity contribution in [3.63, 3.8) is 0 Å². The number of rotatable bonds is 4. The molecule has 0 bridgehead atoms. The minimum atomic E-state index is -6.04. The Morgan fingerprint density at radius 3 is 1.09 bits per heavy atom. The molecular weight excluding hydrogens is 364 g/mol. The van der Waals surface area contributed by atoms with E-state index in [1.165, 1.54) is 0 Å². The number of alkyl halides is 12. The van der Waals surface area contributed by atoms with Crippen molar-refractivity contribution in [3.8, 4) is 0 Å². The lowest BCUT2D eigenvalue weighted by Crippen LogP contribution is -2.52. The van der Waals surface area contributed by atoms with E-state index >= 15 is 0 Å². The number of hydrogen-bond acceptors (Lipinski definition) is 1. The maximum atomic E-state index is 13.2. The third kappa shape index (κ3) is 3.97. The van der Waals surface area contributed by atoms with Crippen LogP contribution in [0.3, 0.4) is 0 Å². The zero-order valence-electron chi connectivity index (χ0n) is 10.7. The van der Waals surface area contributed by atoms with Gasteiger partial charge in [0.05, 0.1) is 0 Å². The third-order valence-corrected chi connectivity index (χ3v) is 3.13. The largest absolute Gasteiger partial charge is 0.425 e. The van der Waals surface area contributed by atoms with Crippen molar-refractivity contribution < 1.29 is 57.4 Å². The van der Waals surface area contributed by atoms with Gasteiger partial charge in [0.1, 0.15) is 12.2 Å². The number of ether oxygens (including phenoxy) is 1. The summed E-state index contributed by atoms with van der Waals surface area (Å²) >= 11 is 0. The topological polar surface area (TPSA) is 9.23 Å². The summed E-state index contributed by atoms with van der Waals surface area (Å²) in [7, 11) is 0. The molecule has 0 radical (unpaired) electrons. The van der Waals surface area contributed by atoms with E-state index in [0.29, 0.717) is 0 Å². The molecule has 0 saturated carbocycles. The van der Waals surface area contributed by atoms with Gasteiger partial charge in [0.2, 0.25) is 0 Å². The molecule has 4 atom stereocenters. The summed E-state index contributed by atoms with van der Waals surface area (Å²) in [6, 6.07) is 0. The maximum Gasteiger partial charge on any atom is 0.425 e. The van der Waals surface area contributed by atoms with Crippen LogP contribution < -0.4 is 0 Å². The smallest absolute Gasteiger partial charge is 0.362 e. The molecule has 0 amide bonds. The van der Waals surface area contributed by atoms with Gasteiger partial charge in [-0.15, -0.1) is 0 Å². The summed E-state index contributed by atoms with van der Waals surface area (Å²) in [4.78, 5) is 0. The molecule has 1 rings (SSSR count). The van der Waals surface area contributed by atoms with Crippen LogP contribution in [0.25, 0.3) is 0 Å². The van der Waals surface area contributed by atoms with Gasteiger partial charge >= 0.3 is 24.2 Å². The number of halogens is 12. The Morgan fingerprint density at radius 2 is 0.870 bits per heavy atom. The normalized spacial score (nSPS) is 27.1. The third-order valence-electron chi connectivity index (χ3n) is 3.13. The summed E-state index contributed by atoms with van der Waals surface area (Å²) in [5.74, 6) is -10.6. The highest BCUT2D eigenvalue weighted by atomic mass is 19.4. The van der Waals surface area contributed by atoms with Crippen LogP contribution in [0.2, 0.25) is 0 Å². The van der Waals surface area contributed by atoms with Crippen molar-refractivity contribution in [2.24, 2.45) is 0 Å². The molecule has 138 valence electrons. The standard InChI is InChI=1S/C10H8F12O/c11-5(9(17,18)19)7(13,14)3-1-2-4(23-3)8(15,16)6(12)10(20,21)22/h3-6H,1-2H2. The van der Waals surface area contributed by atoms with Gasteiger partial charge in [-0.2, -0.15) is 26.3 Å². The Kier molecular flexibility index (Phi) is 5.16. The fourth-order valence-electron chi connectivity index (χ4n) is 1.97. The van der Waals surface area contributed by atoms with Crippen molar-refractivity contribution in [1.82, 2.24) is 0 Å². The van der Waals surface area contributed by atoms with Gasteiger partial charge in [-0.05, 0) is 12.8 Å². The van der Waals surface area contributed by atoms with E-state index in [1.54, 1.807) is 0 Å². The van der Waals surface area contributed by atoms with E-state index < -0.39 is 61.6 Å². The molecular formula is C10H8F12O. The number of hydrogen-bond donors (Lipinski definition) is 0. The molecule has 13 heteroatoms. The van der Waals surface area contributed by atoms with Crippen molar-refractivity contribution in [1.29, 1.82) is 0 Å². The average molecular weight is 372 g/mol. The highest BCUT2D eigenvalue weighted by molar-refractivity contribution is 4.98. The molecule has 23 heavy (non-hydrogen) atoms. The first-order valence-electron chi connectivity index (χ1n) is 5.85. The van der Waals surface area contributed by atoms with Crippen LogP contribution in [-0.4, -0.2) is 48.7 Å². The van der Waals surface area contributed by atoms with Crippen molar-refractivity contribution in [2.75, 3.05) is 0 Å². The Labute approximate surface area is 120 Å². The molecule has 0 aliphatic carbocycles. The van der Waals surface area contributed by atoms with Gasteiger partial charge in [-0.25, -0.2) is 26.3 Å². The van der Waals surface area contributed by atoms with Crippen LogP contribution in [0.5, 0.6) is 0 Å². The van der Waals surface area contributed by atoms with E-state index in [-0.39, 0.29) is 0 Å². The molecule has 0 spiro atoms. The molecule has 4 unspecified atom stereocenters. The van der Waals surface area contributed by atoms with Crippen molar-refractivity contribution in [2.45, 2.75) is 61.6 Å². The van der Waals surface area contributed by atoms with Gasteiger partial charge in [-0.3, -0.25) is 0 Å². The lowest BCUT2D eigenvalue weighted by molar-refractivity contribution is -0.293. The van der Waals surface area contributed by atoms with E-state index in [9.17, 15) is 52.7 Å².